The van der Waals surface area contributed by atoms with E-state index in [4.69, 9.17) is 4.74 Å². The van der Waals surface area contributed by atoms with Crippen LogP contribution >= 0.6 is 15.9 Å². The predicted molar refractivity (Wildman–Crippen MR) is 71.7 cm³/mol. The second kappa shape index (κ2) is 5.28. The third-order valence-corrected chi connectivity index (χ3v) is 3.39. The molecule has 0 saturated carbocycles. The van der Waals surface area contributed by atoms with Crippen molar-refractivity contribution in [2.75, 3.05) is 13.1 Å². The smallest absolute Gasteiger partial charge is 0.257 e. The van der Waals surface area contributed by atoms with Crippen molar-refractivity contribution < 1.29 is 14.6 Å². The van der Waals surface area contributed by atoms with Crippen molar-refractivity contribution in [3.63, 3.8) is 0 Å². The SMILES string of the molecule is CC1CN(C(=O)c2cc(Br)ccc2O)CC(C)O1. The number of phenols is 1. The lowest BCUT2D eigenvalue weighted by Gasteiger charge is -2.35. The molecular weight excluding hydrogens is 298 g/mol. The van der Waals surface area contributed by atoms with Crippen LogP contribution in [0.5, 0.6) is 5.75 Å². The third kappa shape index (κ3) is 2.84. The van der Waals surface area contributed by atoms with Crippen molar-refractivity contribution in [3.8, 4) is 5.75 Å². The van der Waals surface area contributed by atoms with Gasteiger partial charge >= 0.3 is 0 Å². The molecule has 5 heteroatoms. The molecule has 1 amide bonds. The number of hydrogen-bond acceptors (Lipinski definition) is 3. The van der Waals surface area contributed by atoms with E-state index >= 15 is 0 Å². The molecule has 1 saturated heterocycles. The monoisotopic (exact) mass is 313 g/mol. The molecule has 2 rings (SSSR count). The summed E-state index contributed by atoms with van der Waals surface area (Å²) < 4.78 is 6.37. The fourth-order valence-electron chi connectivity index (χ4n) is 2.19. The van der Waals surface area contributed by atoms with Gasteiger partial charge in [-0.3, -0.25) is 4.79 Å². The highest BCUT2D eigenvalue weighted by molar-refractivity contribution is 9.10. The molecule has 1 aromatic rings. The zero-order chi connectivity index (χ0) is 13.3. The highest BCUT2D eigenvalue weighted by Gasteiger charge is 2.27. The van der Waals surface area contributed by atoms with Crippen LogP contribution in [-0.2, 0) is 4.74 Å². The van der Waals surface area contributed by atoms with E-state index in [0.717, 1.165) is 4.47 Å². The van der Waals surface area contributed by atoms with Crippen molar-refractivity contribution in [3.05, 3.63) is 28.2 Å². The van der Waals surface area contributed by atoms with Gasteiger partial charge in [-0.25, -0.2) is 0 Å². The van der Waals surface area contributed by atoms with Crippen molar-refractivity contribution >= 4 is 21.8 Å². The molecule has 0 aliphatic carbocycles. The quantitative estimate of drug-likeness (QED) is 0.866. The molecule has 1 N–H and O–H groups in total. The Morgan fingerprint density at radius 3 is 2.61 bits per heavy atom. The number of halogens is 1. The Balaban J connectivity index is 2.22. The third-order valence-electron chi connectivity index (χ3n) is 2.90. The summed E-state index contributed by atoms with van der Waals surface area (Å²) in [5.41, 5.74) is 0.325. The number of benzene rings is 1. The number of carbonyl (C=O) groups excluding carboxylic acids is 1. The summed E-state index contributed by atoms with van der Waals surface area (Å²) in [4.78, 5) is 14.1. The molecule has 1 aromatic carbocycles. The fraction of sp³-hybridized carbons (Fsp3) is 0.462. The van der Waals surface area contributed by atoms with E-state index < -0.39 is 0 Å². The number of morpholine rings is 1. The lowest BCUT2D eigenvalue weighted by atomic mass is 10.1. The number of nitrogens with zero attached hydrogens (tertiary/aromatic N) is 1. The van der Waals surface area contributed by atoms with Crippen LogP contribution in [0, 0.1) is 0 Å². The van der Waals surface area contributed by atoms with Gasteiger partial charge in [0.25, 0.3) is 5.91 Å². The number of aromatic hydroxyl groups is 1. The van der Waals surface area contributed by atoms with Crippen LogP contribution in [-0.4, -0.2) is 41.2 Å². The van der Waals surface area contributed by atoms with Crippen LogP contribution < -0.4 is 0 Å². The zero-order valence-corrected chi connectivity index (χ0v) is 12.0. The van der Waals surface area contributed by atoms with Crippen molar-refractivity contribution in [2.24, 2.45) is 0 Å². The molecular formula is C13H16BrNO3. The first-order chi connectivity index (χ1) is 8.47. The number of hydrogen-bond donors (Lipinski definition) is 1. The molecule has 0 spiro atoms. The molecule has 0 aromatic heterocycles. The van der Waals surface area contributed by atoms with Gasteiger partial charge in [0.1, 0.15) is 5.75 Å². The Morgan fingerprint density at radius 1 is 1.39 bits per heavy atom. The Hall–Kier alpha value is -1.07. The number of carbonyl (C=O) groups is 1. The van der Waals surface area contributed by atoms with Gasteiger partial charge in [-0.15, -0.1) is 0 Å². The van der Waals surface area contributed by atoms with Crippen molar-refractivity contribution in [1.29, 1.82) is 0 Å². The topological polar surface area (TPSA) is 49.8 Å². The Morgan fingerprint density at radius 2 is 2.00 bits per heavy atom. The van der Waals surface area contributed by atoms with Crippen molar-refractivity contribution in [1.82, 2.24) is 4.90 Å². The summed E-state index contributed by atoms with van der Waals surface area (Å²) in [5.74, 6) is -0.147. The Kier molecular flexibility index (Phi) is 3.92. The van der Waals surface area contributed by atoms with Gasteiger partial charge in [-0.2, -0.15) is 0 Å². The Labute approximate surface area is 115 Å². The van der Waals surface area contributed by atoms with Gasteiger partial charge in [0.05, 0.1) is 17.8 Å². The lowest BCUT2D eigenvalue weighted by molar-refractivity contribution is -0.0586. The standard InChI is InChI=1S/C13H16BrNO3/c1-8-6-15(7-9(2)18-8)13(17)11-5-10(14)3-4-12(11)16/h3-5,8-9,16H,6-7H2,1-2H3. The van der Waals surface area contributed by atoms with E-state index in [0.29, 0.717) is 18.7 Å². The maximum Gasteiger partial charge on any atom is 0.257 e. The second-order valence-electron chi connectivity index (χ2n) is 4.63. The molecule has 1 aliphatic heterocycles. The Bertz CT molecular complexity index is 454. The summed E-state index contributed by atoms with van der Waals surface area (Å²) in [5, 5.41) is 9.77. The highest BCUT2D eigenvalue weighted by Crippen LogP contribution is 2.24. The minimum Gasteiger partial charge on any atom is -0.507 e. The van der Waals surface area contributed by atoms with Crippen LogP contribution in [0.2, 0.25) is 0 Å². The first kappa shape index (κ1) is 13.4. The van der Waals surface area contributed by atoms with Crippen LogP contribution in [0.25, 0.3) is 0 Å². The van der Waals surface area contributed by atoms with Gasteiger partial charge in [0, 0.05) is 17.6 Å². The van der Waals surface area contributed by atoms with Crippen LogP contribution in [0.1, 0.15) is 24.2 Å². The molecule has 98 valence electrons. The van der Waals surface area contributed by atoms with E-state index in [-0.39, 0.29) is 23.9 Å². The molecule has 1 fully saturated rings. The molecule has 2 atom stereocenters. The molecule has 2 unspecified atom stereocenters. The number of amides is 1. The van der Waals surface area contributed by atoms with Gasteiger partial charge in [-0.05, 0) is 32.0 Å². The maximum absolute atomic E-state index is 12.4. The largest absolute Gasteiger partial charge is 0.507 e. The summed E-state index contributed by atoms with van der Waals surface area (Å²) in [6.45, 7) is 4.98. The molecule has 4 nitrogen and oxygen atoms in total. The van der Waals surface area contributed by atoms with Gasteiger partial charge in [0.15, 0.2) is 0 Å². The average molecular weight is 314 g/mol. The van der Waals surface area contributed by atoms with E-state index in [1.807, 2.05) is 13.8 Å². The molecule has 0 bridgehead atoms. The zero-order valence-electron chi connectivity index (χ0n) is 10.4. The first-order valence-electron chi connectivity index (χ1n) is 5.90. The summed E-state index contributed by atoms with van der Waals surface area (Å²) in [6.07, 6.45) is 0.0407. The molecule has 1 heterocycles. The average Bonchev–Trinajstić information content (AvgIpc) is 2.30. The van der Waals surface area contributed by atoms with E-state index in [2.05, 4.69) is 15.9 Å². The molecule has 0 radical (unpaired) electrons. The normalized spacial score (nSPS) is 24.1. The number of phenolic OH excluding ortho intramolecular Hbond substituents is 1. The molecule has 1 aliphatic rings. The maximum atomic E-state index is 12.4. The number of ether oxygens (including phenoxy) is 1. The van der Waals surface area contributed by atoms with E-state index in [1.165, 1.54) is 6.07 Å². The van der Waals surface area contributed by atoms with Crippen LogP contribution in [0.15, 0.2) is 22.7 Å². The summed E-state index contributed by atoms with van der Waals surface area (Å²) in [7, 11) is 0. The van der Waals surface area contributed by atoms with E-state index in [9.17, 15) is 9.90 Å². The van der Waals surface area contributed by atoms with Gasteiger partial charge in [-0.1, -0.05) is 15.9 Å². The minimum absolute atomic E-state index is 0.00926. The molecule has 18 heavy (non-hydrogen) atoms. The minimum atomic E-state index is -0.157. The van der Waals surface area contributed by atoms with Gasteiger partial charge in [0.2, 0.25) is 0 Å². The first-order valence-corrected chi connectivity index (χ1v) is 6.70. The summed E-state index contributed by atoms with van der Waals surface area (Å²) >= 11 is 3.31. The highest BCUT2D eigenvalue weighted by atomic mass is 79.9. The van der Waals surface area contributed by atoms with Crippen LogP contribution in [0.3, 0.4) is 0 Å². The van der Waals surface area contributed by atoms with E-state index in [1.54, 1.807) is 17.0 Å². The fourth-order valence-corrected chi connectivity index (χ4v) is 2.55. The van der Waals surface area contributed by atoms with Crippen molar-refractivity contribution in [2.45, 2.75) is 26.1 Å². The summed E-state index contributed by atoms with van der Waals surface area (Å²) in [6, 6.07) is 4.86. The van der Waals surface area contributed by atoms with Gasteiger partial charge < -0.3 is 14.7 Å². The number of rotatable bonds is 1. The second-order valence-corrected chi connectivity index (χ2v) is 5.54. The predicted octanol–water partition coefficient (Wildman–Crippen LogP) is 2.40. The van der Waals surface area contributed by atoms with Crippen LogP contribution in [0.4, 0.5) is 0 Å². The lowest BCUT2D eigenvalue weighted by Crippen LogP contribution is -2.48.